The van der Waals surface area contributed by atoms with Crippen LogP contribution in [0, 0.1) is 13.8 Å². The molecule has 0 amide bonds. The van der Waals surface area contributed by atoms with Gasteiger partial charge in [0.25, 0.3) is 0 Å². The third kappa shape index (κ3) is 3.10. The van der Waals surface area contributed by atoms with E-state index in [0.717, 1.165) is 29.6 Å². The Kier molecular flexibility index (Phi) is 5.34. The molecule has 0 saturated carbocycles. The van der Waals surface area contributed by atoms with Crippen molar-refractivity contribution in [2.45, 2.75) is 33.7 Å². The molecule has 5 nitrogen and oxygen atoms in total. The molecule has 1 aromatic heterocycles. The highest BCUT2D eigenvalue weighted by molar-refractivity contribution is 5.58. The number of hydrogen-bond acceptors (Lipinski definition) is 5. The average Bonchev–Trinajstić information content (AvgIpc) is 2.34. The van der Waals surface area contributed by atoms with E-state index in [4.69, 9.17) is 4.74 Å². The first kappa shape index (κ1) is 14.7. The van der Waals surface area contributed by atoms with Gasteiger partial charge in [-0.15, -0.1) is 0 Å². The highest BCUT2D eigenvalue weighted by Crippen LogP contribution is 2.24. The fourth-order valence-electron chi connectivity index (χ4n) is 2.14. The Morgan fingerprint density at radius 2 is 2.00 bits per heavy atom. The second-order valence-electron chi connectivity index (χ2n) is 4.41. The van der Waals surface area contributed by atoms with E-state index < -0.39 is 0 Å². The minimum atomic E-state index is 0.290. The Bertz CT molecular complexity index is 395. The van der Waals surface area contributed by atoms with Crippen molar-refractivity contribution in [3.8, 4) is 0 Å². The summed E-state index contributed by atoms with van der Waals surface area (Å²) in [5, 5.41) is 3.12. The number of ether oxygens (including phenoxy) is 1. The van der Waals surface area contributed by atoms with Crippen molar-refractivity contribution in [2.24, 2.45) is 0 Å². The predicted octanol–water partition coefficient (Wildman–Crippen LogP) is 2.00. The summed E-state index contributed by atoms with van der Waals surface area (Å²) >= 11 is 0. The van der Waals surface area contributed by atoms with Crippen LogP contribution in [0.25, 0.3) is 0 Å². The molecule has 0 saturated heterocycles. The maximum atomic E-state index is 5.23. The zero-order valence-electron chi connectivity index (χ0n) is 12.2. The SMILES string of the molecule is CCN(c1nc(C)nc(NC)c1C)C(C)COC. The van der Waals surface area contributed by atoms with Crippen molar-refractivity contribution < 1.29 is 4.74 Å². The van der Waals surface area contributed by atoms with E-state index >= 15 is 0 Å². The second-order valence-corrected chi connectivity index (χ2v) is 4.41. The molecule has 0 bridgehead atoms. The van der Waals surface area contributed by atoms with Gasteiger partial charge < -0.3 is 15.0 Å². The van der Waals surface area contributed by atoms with Gasteiger partial charge >= 0.3 is 0 Å². The van der Waals surface area contributed by atoms with Crippen LogP contribution in [-0.2, 0) is 4.74 Å². The minimum absolute atomic E-state index is 0.290. The molecule has 0 aromatic carbocycles. The van der Waals surface area contributed by atoms with Gasteiger partial charge in [0.2, 0.25) is 0 Å². The van der Waals surface area contributed by atoms with E-state index in [1.165, 1.54) is 0 Å². The summed E-state index contributed by atoms with van der Waals surface area (Å²) in [6.45, 7) is 9.81. The molecule has 0 aliphatic rings. The molecule has 1 aromatic rings. The van der Waals surface area contributed by atoms with E-state index in [1.807, 2.05) is 20.9 Å². The minimum Gasteiger partial charge on any atom is -0.383 e. The van der Waals surface area contributed by atoms with Gasteiger partial charge in [-0.3, -0.25) is 0 Å². The highest BCUT2D eigenvalue weighted by Gasteiger charge is 2.18. The number of nitrogens with one attached hydrogen (secondary N) is 1. The van der Waals surface area contributed by atoms with Crippen LogP contribution in [0.3, 0.4) is 0 Å². The van der Waals surface area contributed by atoms with Crippen LogP contribution < -0.4 is 10.2 Å². The van der Waals surface area contributed by atoms with Crippen molar-refractivity contribution in [3.63, 3.8) is 0 Å². The summed E-state index contributed by atoms with van der Waals surface area (Å²) in [6, 6.07) is 0.290. The van der Waals surface area contributed by atoms with Crippen LogP contribution in [0.15, 0.2) is 0 Å². The van der Waals surface area contributed by atoms with Crippen molar-refractivity contribution in [2.75, 3.05) is 37.5 Å². The lowest BCUT2D eigenvalue weighted by Gasteiger charge is -2.30. The number of aryl methyl sites for hydroxylation is 1. The fourth-order valence-corrected chi connectivity index (χ4v) is 2.14. The lowest BCUT2D eigenvalue weighted by molar-refractivity contribution is 0.181. The molecule has 1 N–H and O–H groups in total. The summed E-state index contributed by atoms with van der Waals surface area (Å²) in [4.78, 5) is 11.2. The molecule has 0 aliphatic heterocycles. The number of hydrogen-bond donors (Lipinski definition) is 1. The summed E-state index contributed by atoms with van der Waals surface area (Å²) in [7, 11) is 3.61. The molecule has 0 fully saturated rings. The topological polar surface area (TPSA) is 50.3 Å². The van der Waals surface area contributed by atoms with Gasteiger partial charge in [-0.05, 0) is 27.7 Å². The van der Waals surface area contributed by atoms with E-state index in [-0.39, 0.29) is 6.04 Å². The number of anilines is 2. The van der Waals surface area contributed by atoms with E-state index in [9.17, 15) is 0 Å². The summed E-state index contributed by atoms with van der Waals surface area (Å²) < 4.78 is 5.23. The van der Waals surface area contributed by atoms with Gasteiger partial charge in [0.05, 0.1) is 12.6 Å². The zero-order chi connectivity index (χ0) is 13.7. The average molecular weight is 252 g/mol. The molecule has 1 unspecified atom stereocenters. The lowest BCUT2D eigenvalue weighted by Crippen LogP contribution is -2.37. The lowest BCUT2D eigenvalue weighted by atomic mass is 10.2. The van der Waals surface area contributed by atoms with E-state index in [1.54, 1.807) is 7.11 Å². The smallest absolute Gasteiger partial charge is 0.137 e. The summed E-state index contributed by atoms with van der Waals surface area (Å²) in [5.74, 6) is 2.66. The molecule has 102 valence electrons. The Balaban J connectivity index is 3.16. The van der Waals surface area contributed by atoms with Gasteiger partial charge in [0.1, 0.15) is 17.5 Å². The Morgan fingerprint density at radius 1 is 1.33 bits per heavy atom. The maximum absolute atomic E-state index is 5.23. The predicted molar refractivity (Wildman–Crippen MR) is 75.4 cm³/mol. The van der Waals surface area contributed by atoms with Crippen LogP contribution in [0.5, 0.6) is 0 Å². The standard InChI is InChI=1S/C13H24N4O/c1-7-17(9(2)8-18-6)13-10(3)12(14-5)15-11(4)16-13/h9H,7-8H2,1-6H3,(H,14,15,16). The van der Waals surface area contributed by atoms with Crippen LogP contribution in [0.2, 0.25) is 0 Å². The van der Waals surface area contributed by atoms with Gasteiger partial charge in [-0.1, -0.05) is 0 Å². The number of likely N-dealkylation sites (N-methyl/N-ethyl adjacent to an activating group) is 1. The number of aromatic nitrogens is 2. The Labute approximate surface area is 110 Å². The Hall–Kier alpha value is -1.36. The van der Waals surface area contributed by atoms with Crippen molar-refractivity contribution >= 4 is 11.6 Å². The van der Waals surface area contributed by atoms with Gasteiger partial charge in [0.15, 0.2) is 0 Å². The maximum Gasteiger partial charge on any atom is 0.137 e. The van der Waals surface area contributed by atoms with Crippen LogP contribution in [0.4, 0.5) is 11.6 Å². The number of rotatable bonds is 6. The van der Waals surface area contributed by atoms with Gasteiger partial charge in [-0.2, -0.15) is 0 Å². The van der Waals surface area contributed by atoms with Gasteiger partial charge in [-0.25, -0.2) is 9.97 Å². The molecular weight excluding hydrogens is 228 g/mol. The van der Waals surface area contributed by atoms with Crippen molar-refractivity contribution in [3.05, 3.63) is 11.4 Å². The van der Waals surface area contributed by atoms with E-state index in [0.29, 0.717) is 6.61 Å². The van der Waals surface area contributed by atoms with E-state index in [2.05, 4.69) is 34.0 Å². The normalized spacial score (nSPS) is 12.3. The summed E-state index contributed by atoms with van der Waals surface area (Å²) in [6.07, 6.45) is 0. The molecule has 5 heteroatoms. The summed E-state index contributed by atoms with van der Waals surface area (Å²) in [5.41, 5.74) is 1.08. The first-order chi connectivity index (χ1) is 8.54. The fraction of sp³-hybridized carbons (Fsp3) is 0.692. The Morgan fingerprint density at radius 3 is 2.50 bits per heavy atom. The third-order valence-corrected chi connectivity index (χ3v) is 3.02. The molecule has 0 radical (unpaired) electrons. The molecule has 0 aliphatic carbocycles. The molecular formula is C13H24N4O. The molecule has 0 spiro atoms. The number of methoxy groups -OCH3 is 1. The largest absolute Gasteiger partial charge is 0.383 e. The first-order valence-electron chi connectivity index (χ1n) is 6.33. The van der Waals surface area contributed by atoms with Crippen LogP contribution >= 0.6 is 0 Å². The molecule has 18 heavy (non-hydrogen) atoms. The third-order valence-electron chi connectivity index (χ3n) is 3.02. The quantitative estimate of drug-likeness (QED) is 0.839. The van der Waals surface area contributed by atoms with Gasteiger partial charge in [0, 0.05) is 26.3 Å². The number of nitrogens with zero attached hydrogens (tertiary/aromatic N) is 3. The second kappa shape index (κ2) is 6.54. The zero-order valence-corrected chi connectivity index (χ0v) is 12.2. The molecule has 1 rings (SSSR count). The first-order valence-corrected chi connectivity index (χ1v) is 6.33. The van der Waals surface area contributed by atoms with Crippen molar-refractivity contribution in [1.29, 1.82) is 0 Å². The van der Waals surface area contributed by atoms with Crippen molar-refractivity contribution in [1.82, 2.24) is 9.97 Å². The monoisotopic (exact) mass is 252 g/mol. The molecule has 1 heterocycles. The highest BCUT2D eigenvalue weighted by atomic mass is 16.5. The molecule has 1 atom stereocenters. The van der Waals surface area contributed by atoms with Crippen LogP contribution in [-0.4, -0.2) is 43.3 Å². The van der Waals surface area contributed by atoms with Crippen LogP contribution in [0.1, 0.15) is 25.2 Å².